The quantitative estimate of drug-likeness (QED) is 0.471. The summed E-state index contributed by atoms with van der Waals surface area (Å²) in [7, 11) is -0.946. The van der Waals surface area contributed by atoms with Crippen LogP contribution >= 0.6 is 0 Å². The van der Waals surface area contributed by atoms with Crippen LogP contribution in [0.1, 0.15) is 16.7 Å². The van der Waals surface area contributed by atoms with Gasteiger partial charge in [-0.3, -0.25) is 0 Å². The van der Waals surface area contributed by atoms with Gasteiger partial charge in [0.15, 0.2) is 0 Å². The summed E-state index contributed by atoms with van der Waals surface area (Å²) in [6.45, 7) is 0. The van der Waals surface area contributed by atoms with Crippen LogP contribution in [0, 0.1) is 0 Å². The first-order valence-corrected chi connectivity index (χ1v) is 7.76. The van der Waals surface area contributed by atoms with Crippen molar-refractivity contribution in [3.8, 4) is 0 Å². The normalized spacial score (nSPS) is 12.0. The number of hydrogen-bond acceptors (Lipinski definition) is 0. The van der Waals surface area contributed by atoms with Gasteiger partial charge in [0.2, 0.25) is 0 Å². The van der Waals surface area contributed by atoms with Crippen molar-refractivity contribution in [1.82, 2.24) is 0 Å². The number of benzene rings is 3. The van der Waals surface area contributed by atoms with Crippen LogP contribution in [0.25, 0.3) is 0 Å². The Labute approximate surface area is 140 Å². The maximum atomic E-state index is 13.6. The van der Waals surface area contributed by atoms with Gasteiger partial charge < -0.3 is 0 Å². The van der Waals surface area contributed by atoms with Crippen LogP contribution in [0.2, 0.25) is 0 Å². The third-order valence-corrected chi connectivity index (χ3v) is 4.27. The standard InChI is InChI=1S/C20H16BF3/c22-20(23,24)21-19(16-10-4-1-5-11-16,17-12-6-2-7-13-17)18-14-8-3-9-15-18/h1-15,21H. The lowest BCUT2D eigenvalue weighted by Crippen LogP contribution is -2.43. The Morgan fingerprint density at radius 3 is 1.04 bits per heavy atom. The summed E-state index contributed by atoms with van der Waals surface area (Å²) in [6.07, 6.45) is -4.30. The molecule has 0 bridgehead atoms. The molecule has 3 aromatic carbocycles. The van der Waals surface area contributed by atoms with Gasteiger partial charge in [-0.25, -0.2) is 0 Å². The van der Waals surface area contributed by atoms with Gasteiger partial charge in [0.1, 0.15) is 0 Å². The third kappa shape index (κ3) is 3.23. The first-order valence-electron chi connectivity index (χ1n) is 7.76. The van der Waals surface area contributed by atoms with Gasteiger partial charge in [-0.2, -0.15) is 13.2 Å². The van der Waals surface area contributed by atoms with Crippen molar-refractivity contribution >= 4 is 7.28 Å². The minimum Gasteiger partial charge on any atom is -0.182 e. The average Bonchev–Trinajstić information content (AvgIpc) is 2.61. The second-order valence-electron chi connectivity index (χ2n) is 5.80. The van der Waals surface area contributed by atoms with E-state index in [4.69, 9.17) is 0 Å². The molecular formula is C20H16BF3. The molecule has 0 saturated heterocycles. The first kappa shape index (κ1) is 16.4. The fraction of sp³-hybridized carbons (Fsp3) is 0.100. The Hall–Kier alpha value is -2.49. The molecule has 3 aromatic rings. The van der Waals surface area contributed by atoms with Crippen molar-refractivity contribution < 1.29 is 13.2 Å². The molecular weight excluding hydrogens is 308 g/mol. The van der Waals surface area contributed by atoms with E-state index in [1.54, 1.807) is 72.8 Å². The maximum absolute atomic E-state index is 13.6. The van der Waals surface area contributed by atoms with E-state index in [1.165, 1.54) is 0 Å². The van der Waals surface area contributed by atoms with Crippen LogP contribution in [-0.4, -0.2) is 13.4 Å². The van der Waals surface area contributed by atoms with E-state index in [-0.39, 0.29) is 0 Å². The highest BCUT2D eigenvalue weighted by molar-refractivity contribution is 6.45. The van der Waals surface area contributed by atoms with Crippen molar-refractivity contribution in [1.29, 1.82) is 0 Å². The fourth-order valence-electron chi connectivity index (χ4n) is 3.27. The molecule has 0 spiro atoms. The number of halogens is 3. The van der Waals surface area contributed by atoms with Gasteiger partial charge in [-0.1, -0.05) is 91.0 Å². The molecule has 24 heavy (non-hydrogen) atoms. The zero-order chi connectivity index (χ0) is 17.0. The maximum Gasteiger partial charge on any atom is 0.343 e. The lowest BCUT2D eigenvalue weighted by atomic mass is 9.43. The Kier molecular flexibility index (Phi) is 4.47. The zero-order valence-electron chi connectivity index (χ0n) is 13.0. The largest absolute Gasteiger partial charge is 0.343 e. The van der Waals surface area contributed by atoms with Crippen molar-refractivity contribution in [3.05, 3.63) is 108 Å². The molecule has 0 unspecified atom stereocenters. The number of rotatable bonds is 4. The van der Waals surface area contributed by atoms with E-state index in [0.29, 0.717) is 16.7 Å². The Balaban J connectivity index is 2.33. The highest BCUT2D eigenvalue weighted by atomic mass is 19.4. The molecule has 3 rings (SSSR count). The average molecular weight is 324 g/mol. The van der Waals surface area contributed by atoms with Gasteiger partial charge >= 0.3 is 6.08 Å². The lowest BCUT2D eigenvalue weighted by molar-refractivity contribution is -0.0489. The van der Waals surface area contributed by atoms with Gasteiger partial charge in [0, 0.05) is 5.31 Å². The van der Waals surface area contributed by atoms with E-state index >= 15 is 0 Å². The topological polar surface area (TPSA) is 0 Å². The van der Waals surface area contributed by atoms with Gasteiger partial charge in [-0.05, 0) is 16.7 Å². The molecule has 0 saturated carbocycles. The predicted octanol–water partition coefficient (Wildman–Crippen LogP) is 4.93. The van der Waals surface area contributed by atoms with Crippen molar-refractivity contribution in [3.63, 3.8) is 0 Å². The molecule has 0 aliphatic rings. The second-order valence-corrected chi connectivity index (χ2v) is 5.80. The summed E-state index contributed by atoms with van der Waals surface area (Å²) >= 11 is 0. The lowest BCUT2D eigenvalue weighted by Gasteiger charge is -2.36. The minimum absolute atomic E-state index is 0.639. The van der Waals surface area contributed by atoms with Crippen molar-refractivity contribution in [2.45, 2.75) is 11.4 Å². The monoisotopic (exact) mass is 324 g/mol. The summed E-state index contributed by atoms with van der Waals surface area (Å²) < 4.78 is 40.8. The molecule has 0 aliphatic carbocycles. The molecule has 0 radical (unpaired) electrons. The smallest absolute Gasteiger partial charge is 0.182 e. The fourth-order valence-corrected chi connectivity index (χ4v) is 3.27. The molecule has 0 nitrogen and oxygen atoms in total. The summed E-state index contributed by atoms with van der Waals surface area (Å²) in [5, 5.41) is -1.26. The van der Waals surface area contributed by atoms with Gasteiger partial charge in [-0.15, -0.1) is 0 Å². The van der Waals surface area contributed by atoms with Crippen molar-refractivity contribution in [2.75, 3.05) is 0 Å². The van der Waals surface area contributed by atoms with E-state index < -0.39 is 18.7 Å². The van der Waals surface area contributed by atoms with Gasteiger partial charge in [0.05, 0.1) is 0 Å². The molecule has 0 heterocycles. The molecule has 0 atom stereocenters. The van der Waals surface area contributed by atoms with E-state index in [1.807, 2.05) is 18.2 Å². The molecule has 0 fully saturated rings. The molecule has 0 aromatic heterocycles. The second kappa shape index (κ2) is 6.56. The van der Waals surface area contributed by atoms with Crippen LogP contribution in [0.4, 0.5) is 13.2 Å². The number of hydrogen-bond donors (Lipinski definition) is 0. The first-order chi connectivity index (χ1) is 11.5. The Morgan fingerprint density at radius 2 is 0.792 bits per heavy atom. The molecule has 120 valence electrons. The number of alkyl halides is 3. The Bertz CT molecular complexity index is 672. The summed E-state index contributed by atoms with van der Waals surface area (Å²) in [5.41, 5.74) is 1.92. The molecule has 0 aliphatic heterocycles. The van der Waals surface area contributed by atoms with Crippen LogP contribution in [0.3, 0.4) is 0 Å². The van der Waals surface area contributed by atoms with Crippen LogP contribution in [0.15, 0.2) is 91.0 Å². The summed E-state index contributed by atoms with van der Waals surface area (Å²) in [6, 6.07) is 26.8. The third-order valence-electron chi connectivity index (χ3n) is 4.27. The molecule has 0 N–H and O–H groups in total. The predicted molar refractivity (Wildman–Crippen MR) is 92.4 cm³/mol. The van der Waals surface area contributed by atoms with Crippen LogP contribution in [-0.2, 0) is 5.31 Å². The van der Waals surface area contributed by atoms with Gasteiger partial charge in [0.25, 0.3) is 7.28 Å². The Morgan fingerprint density at radius 1 is 0.500 bits per heavy atom. The highest BCUT2D eigenvalue weighted by Gasteiger charge is 2.47. The van der Waals surface area contributed by atoms with E-state index in [9.17, 15) is 13.2 Å². The summed E-state index contributed by atoms with van der Waals surface area (Å²) in [4.78, 5) is 0. The minimum atomic E-state index is -4.30. The van der Waals surface area contributed by atoms with Crippen LogP contribution in [0.5, 0.6) is 0 Å². The molecule has 4 heteroatoms. The molecule has 0 amide bonds. The van der Waals surface area contributed by atoms with Crippen molar-refractivity contribution in [2.24, 2.45) is 0 Å². The summed E-state index contributed by atoms with van der Waals surface area (Å²) in [5.74, 6) is 0. The highest BCUT2D eigenvalue weighted by Crippen LogP contribution is 2.41. The zero-order valence-corrected chi connectivity index (χ0v) is 13.0. The van der Waals surface area contributed by atoms with Crippen LogP contribution < -0.4 is 0 Å². The van der Waals surface area contributed by atoms with E-state index in [0.717, 1.165) is 0 Å². The van der Waals surface area contributed by atoms with E-state index in [2.05, 4.69) is 0 Å². The SMILES string of the molecule is FC(F)(F)BC(c1ccccc1)(c1ccccc1)c1ccccc1.